The summed E-state index contributed by atoms with van der Waals surface area (Å²) in [4.78, 5) is 25.2. The molecule has 1 heterocycles. The quantitative estimate of drug-likeness (QED) is 0.619. The average molecular weight is 264 g/mol. The Labute approximate surface area is 110 Å². The summed E-state index contributed by atoms with van der Waals surface area (Å²) in [6, 6.07) is 0. The molecule has 1 aromatic rings. The van der Waals surface area contributed by atoms with Crippen molar-refractivity contribution < 1.29 is 14.7 Å². The number of carbonyl (C=O) groups is 2. The van der Waals surface area contributed by atoms with E-state index in [4.69, 9.17) is 0 Å². The van der Waals surface area contributed by atoms with Gasteiger partial charge in [0.2, 0.25) is 5.91 Å². The van der Waals surface area contributed by atoms with Crippen molar-refractivity contribution in [3.8, 4) is 0 Å². The van der Waals surface area contributed by atoms with Crippen molar-refractivity contribution in [2.24, 2.45) is 12.5 Å². The second-order valence-electron chi connectivity index (χ2n) is 4.79. The predicted octanol–water partition coefficient (Wildman–Crippen LogP) is 0.194. The van der Waals surface area contributed by atoms with Crippen LogP contribution in [0.15, 0.2) is 18.5 Å². The third-order valence-corrected chi connectivity index (χ3v) is 3.45. The van der Waals surface area contributed by atoms with Crippen LogP contribution in [0.25, 0.3) is 0 Å². The number of aliphatic carboxylic acids is 1. The highest BCUT2D eigenvalue weighted by Crippen LogP contribution is 2.35. The molecule has 0 saturated heterocycles. The van der Waals surface area contributed by atoms with Crippen LogP contribution >= 0.6 is 0 Å². The van der Waals surface area contributed by atoms with Gasteiger partial charge >= 0.3 is 5.97 Å². The Hall–Kier alpha value is -2.18. The summed E-state index contributed by atoms with van der Waals surface area (Å²) in [6.45, 7) is 0.240. The summed E-state index contributed by atoms with van der Waals surface area (Å²) in [7, 11) is 3.36. The van der Waals surface area contributed by atoms with Gasteiger partial charge in [0.15, 0.2) is 11.2 Å². The van der Waals surface area contributed by atoms with Crippen LogP contribution in [0.1, 0.15) is 18.7 Å². The fourth-order valence-corrected chi connectivity index (χ4v) is 2.19. The summed E-state index contributed by atoms with van der Waals surface area (Å²) >= 11 is 0. The SMILES string of the molecule is CN(Cc1nncn1C)C(=O)C1(C(=O)O)CC=CC1. The number of rotatable bonds is 4. The number of allylic oxidation sites excluding steroid dienone is 2. The number of carboxylic acids is 1. The highest BCUT2D eigenvalue weighted by atomic mass is 16.4. The van der Waals surface area contributed by atoms with E-state index in [-0.39, 0.29) is 19.4 Å². The van der Waals surface area contributed by atoms with Crippen molar-refractivity contribution in [2.75, 3.05) is 7.05 Å². The first kappa shape index (κ1) is 13.3. The number of hydrogen-bond acceptors (Lipinski definition) is 4. The van der Waals surface area contributed by atoms with Gasteiger partial charge in [-0.25, -0.2) is 0 Å². The maximum absolute atomic E-state index is 12.4. The van der Waals surface area contributed by atoms with Crippen LogP contribution < -0.4 is 0 Å². The molecule has 1 aliphatic carbocycles. The number of carbonyl (C=O) groups excluding carboxylic acids is 1. The smallest absolute Gasteiger partial charge is 0.319 e. The lowest BCUT2D eigenvalue weighted by Crippen LogP contribution is -2.45. The van der Waals surface area contributed by atoms with Gasteiger partial charge in [0.1, 0.15) is 6.33 Å². The van der Waals surface area contributed by atoms with Gasteiger partial charge in [0.25, 0.3) is 0 Å². The molecule has 102 valence electrons. The van der Waals surface area contributed by atoms with Crippen molar-refractivity contribution in [1.82, 2.24) is 19.7 Å². The van der Waals surface area contributed by atoms with Gasteiger partial charge < -0.3 is 14.6 Å². The third-order valence-electron chi connectivity index (χ3n) is 3.45. The van der Waals surface area contributed by atoms with Crippen molar-refractivity contribution in [2.45, 2.75) is 19.4 Å². The minimum atomic E-state index is -1.35. The molecular weight excluding hydrogens is 248 g/mol. The van der Waals surface area contributed by atoms with E-state index in [9.17, 15) is 14.7 Å². The molecule has 7 nitrogen and oxygen atoms in total. The van der Waals surface area contributed by atoms with E-state index in [0.717, 1.165) is 0 Å². The number of amides is 1. The summed E-state index contributed by atoms with van der Waals surface area (Å²) in [5.41, 5.74) is -1.35. The molecule has 2 rings (SSSR count). The normalized spacial score (nSPS) is 16.5. The van der Waals surface area contributed by atoms with Crippen molar-refractivity contribution >= 4 is 11.9 Å². The second kappa shape index (κ2) is 4.83. The van der Waals surface area contributed by atoms with Gasteiger partial charge in [-0.2, -0.15) is 0 Å². The monoisotopic (exact) mass is 264 g/mol. The van der Waals surface area contributed by atoms with Crippen LogP contribution in [0.3, 0.4) is 0 Å². The minimum Gasteiger partial charge on any atom is -0.480 e. The molecule has 1 aliphatic rings. The van der Waals surface area contributed by atoms with Crippen LogP contribution in [-0.4, -0.2) is 43.7 Å². The molecule has 0 saturated carbocycles. The molecule has 0 unspecified atom stereocenters. The Balaban J connectivity index is 2.14. The van der Waals surface area contributed by atoms with E-state index < -0.39 is 17.3 Å². The predicted molar refractivity (Wildman–Crippen MR) is 65.9 cm³/mol. The molecule has 1 aromatic heterocycles. The lowest BCUT2D eigenvalue weighted by molar-refractivity contribution is -0.159. The van der Waals surface area contributed by atoms with E-state index in [1.807, 2.05) is 0 Å². The molecule has 1 amide bonds. The third kappa shape index (κ3) is 2.23. The van der Waals surface area contributed by atoms with Gasteiger partial charge in [-0.3, -0.25) is 9.59 Å². The molecule has 0 radical (unpaired) electrons. The van der Waals surface area contributed by atoms with Crippen LogP contribution in [0, 0.1) is 5.41 Å². The van der Waals surface area contributed by atoms with Gasteiger partial charge in [0.05, 0.1) is 6.54 Å². The Morgan fingerprint density at radius 3 is 2.58 bits per heavy atom. The zero-order valence-corrected chi connectivity index (χ0v) is 10.9. The Morgan fingerprint density at radius 1 is 1.47 bits per heavy atom. The lowest BCUT2D eigenvalue weighted by Gasteiger charge is -2.28. The van der Waals surface area contributed by atoms with E-state index in [0.29, 0.717) is 5.82 Å². The summed E-state index contributed by atoms with van der Waals surface area (Å²) < 4.78 is 1.70. The highest BCUT2D eigenvalue weighted by Gasteiger charge is 2.47. The fraction of sp³-hybridized carbons (Fsp3) is 0.500. The number of carboxylic acid groups (broad SMARTS) is 1. The number of aryl methyl sites for hydroxylation is 1. The lowest BCUT2D eigenvalue weighted by atomic mass is 9.84. The van der Waals surface area contributed by atoms with Crippen LogP contribution in [0.2, 0.25) is 0 Å². The first-order valence-electron chi connectivity index (χ1n) is 5.94. The summed E-state index contributed by atoms with van der Waals surface area (Å²) in [6.07, 6.45) is 5.50. The molecule has 0 fully saturated rings. The van der Waals surface area contributed by atoms with Crippen molar-refractivity contribution in [1.29, 1.82) is 0 Å². The van der Waals surface area contributed by atoms with Crippen molar-refractivity contribution in [3.63, 3.8) is 0 Å². The van der Waals surface area contributed by atoms with Gasteiger partial charge in [-0.05, 0) is 12.8 Å². The molecular formula is C12H16N4O3. The molecule has 1 N–H and O–H groups in total. The van der Waals surface area contributed by atoms with Gasteiger partial charge in [-0.15, -0.1) is 10.2 Å². The average Bonchev–Trinajstić information content (AvgIpc) is 2.99. The Kier molecular flexibility index (Phi) is 3.37. The first-order chi connectivity index (χ1) is 8.97. The van der Waals surface area contributed by atoms with Gasteiger partial charge in [0, 0.05) is 14.1 Å². The number of nitrogens with zero attached hydrogens (tertiary/aromatic N) is 4. The Bertz CT molecular complexity index is 527. The zero-order valence-electron chi connectivity index (χ0n) is 10.9. The highest BCUT2D eigenvalue weighted by molar-refractivity contribution is 6.02. The van der Waals surface area contributed by atoms with Crippen LogP contribution in [0.4, 0.5) is 0 Å². The standard InChI is InChI=1S/C12H16N4O3/c1-15(7-9-14-13-8-16(9)2)10(17)12(11(18)19)5-3-4-6-12/h3-4,8H,5-7H2,1-2H3,(H,18,19). The summed E-state index contributed by atoms with van der Waals surface area (Å²) in [5.74, 6) is -0.859. The molecule has 0 spiro atoms. The Morgan fingerprint density at radius 2 is 2.11 bits per heavy atom. The minimum absolute atomic E-state index is 0.240. The largest absolute Gasteiger partial charge is 0.480 e. The number of aromatic nitrogens is 3. The van der Waals surface area contributed by atoms with Crippen LogP contribution in [-0.2, 0) is 23.2 Å². The molecule has 0 aliphatic heterocycles. The van der Waals surface area contributed by atoms with E-state index in [2.05, 4.69) is 10.2 Å². The number of hydrogen-bond donors (Lipinski definition) is 1. The first-order valence-corrected chi connectivity index (χ1v) is 5.94. The second-order valence-corrected chi connectivity index (χ2v) is 4.79. The van der Waals surface area contributed by atoms with Crippen molar-refractivity contribution in [3.05, 3.63) is 24.3 Å². The van der Waals surface area contributed by atoms with E-state index in [1.165, 1.54) is 11.2 Å². The van der Waals surface area contributed by atoms with Gasteiger partial charge in [-0.1, -0.05) is 12.2 Å². The van der Waals surface area contributed by atoms with E-state index in [1.54, 1.807) is 30.8 Å². The molecule has 19 heavy (non-hydrogen) atoms. The topological polar surface area (TPSA) is 88.3 Å². The molecule has 0 atom stereocenters. The maximum atomic E-state index is 12.4. The molecule has 0 bridgehead atoms. The molecule has 0 aromatic carbocycles. The maximum Gasteiger partial charge on any atom is 0.319 e. The van der Waals surface area contributed by atoms with Crippen LogP contribution in [0.5, 0.6) is 0 Å². The zero-order chi connectivity index (χ0) is 14.0. The van der Waals surface area contributed by atoms with E-state index >= 15 is 0 Å². The summed E-state index contributed by atoms with van der Waals surface area (Å²) in [5, 5.41) is 17.0. The fourth-order valence-electron chi connectivity index (χ4n) is 2.19. The molecule has 7 heteroatoms.